The van der Waals surface area contributed by atoms with Crippen LogP contribution in [0, 0.1) is 13.8 Å². The number of benzene rings is 2. The fourth-order valence-corrected chi connectivity index (χ4v) is 4.02. The minimum atomic E-state index is 0. The monoisotopic (exact) mass is 652 g/mol. The van der Waals surface area contributed by atoms with Crippen molar-refractivity contribution in [1.82, 2.24) is 0 Å². The zero-order valence-electron chi connectivity index (χ0n) is 20.4. The molecule has 0 aliphatic carbocycles. The van der Waals surface area contributed by atoms with Crippen molar-refractivity contribution in [3.05, 3.63) is 82.9 Å². The molecule has 0 nitrogen and oxygen atoms in total. The Labute approximate surface area is 229 Å². The van der Waals surface area contributed by atoms with Crippen molar-refractivity contribution in [3.63, 3.8) is 0 Å². The second kappa shape index (κ2) is 17.8. The molecule has 0 amide bonds. The average molecular weight is 652 g/mol. The number of aryl methyl sites for hydroxylation is 4. The van der Waals surface area contributed by atoms with Crippen LogP contribution in [0.3, 0.4) is 0 Å². The molecular formula is C28H38Cl2HfSi-2. The predicted molar refractivity (Wildman–Crippen MR) is 149 cm³/mol. The van der Waals surface area contributed by atoms with Crippen molar-refractivity contribution in [3.8, 4) is 0 Å². The SMILES string of the molecule is CCCc1c(C)[cH-]c2ccccc12.CCCc1c(C)[cH-]c2ccccc12.C[Si]C.Cl.Cl.[Hf]. The van der Waals surface area contributed by atoms with E-state index in [9.17, 15) is 0 Å². The molecule has 32 heavy (non-hydrogen) atoms. The first kappa shape index (κ1) is 33.5. The van der Waals surface area contributed by atoms with Crippen molar-refractivity contribution in [1.29, 1.82) is 0 Å². The molecule has 4 aromatic rings. The number of hydrogen-bond donors (Lipinski definition) is 0. The summed E-state index contributed by atoms with van der Waals surface area (Å²) in [7, 11) is 1.08. The molecular weight excluding hydrogens is 614 g/mol. The van der Waals surface area contributed by atoms with Gasteiger partial charge in [0.25, 0.3) is 0 Å². The maximum atomic E-state index is 2.29. The number of rotatable bonds is 4. The van der Waals surface area contributed by atoms with Crippen LogP contribution in [0.15, 0.2) is 60.7 Å². The summed E-state index contributed by atoms with van der Waals surface area (Å²) in [6.45, 7) is 13.2. The Morgan fingerprint density at radius 2 is 0.969 bits per heavy atom. The van der Waals surface area contributed by atoms with Crippen LogP contribution in [0.2, 0.25) is 13.1 Å². The smallest absolute Gasteiger partial charge is 0.0307 e. The van der Waals surface area contributed by atoms with E-state index in [1.54, 1.807) is 0 Å². The van der Waals surface area contributed by atoms with Gasteiger partial charge in [0.05, 0.1) is 0 Å². The molecule has 0 aliphatic heterocycles. The second-order valence-electron chi connectivity index (χ2n) is 7.79. The third-order valence-electron chi connectivity index (χ3n) is 5.27. The van der Waals surface area contributed by atoms with Crippen molar-refractivity contribution in [2.24, 2.45) is 0 Å². The summed E-state index contributed by atoms with van der Waals surface area (Å²) >= 11 is 0. The number of fused-ring (bicyclic) bond motifs is 2. The normalized spacial score (nSPS) is 9.44. The molecule has 4 rings (SSSR count). The molecule has 0 unspecified atom stereocenters. The van der Waals surface area contributed by atoms with Gasteiger partial charge in [0.15, 0.2) is 0 Å². The molecule has 0 N–H and O–H groups in total. The van der Waals surface area contributed by atoms with Gasteiger partial charge in [0.2, 0.25) is 0 Å². The number of halogens is 2. The summed E-state index contributed by atoms with van der Waals surface area (Å²) in [5.41, 5.74) is 5.97. The molecule has 0 saturated carbocycles. The third-order valence-corrected chi connectivity index (χ3v) is 5.27. The standard InChI is InChI=1S/2C13H15.C2H6Si.2ClH.Hf/c2*1-3-6-12-10(2)9-11-7-4-5-8-13(11)12;1-3-2;;;/h2*4-5,7-9H,3,6H2,1-2H3;1-2H3;2*1H;/q2*-1;;;;. The Morgan fingerprint density at radius 1 is 0.656 bits per heavy atom. The van der Waals surface area contributed by atoms with Crippen LogP contribution < -0.4 is 0 Å². The number of hydrogen-bond acceptors (Lipinski definition) is 0. The van der Waals surface area contributed by atoms with Crippen LogP contribution in [0.1, 0.15) is 48.9 Å². The van der Waals surface area contributed by atoms with Crippen LogP contribution in [-0.2, 0) is 38.7 Å². The summed E-state index contributed by atoms with van der Waals surface area (Å²) in [5, 5.41) is 5.68. The van der Waals surface area contributed by atoms with Crippen molar-refractivity contribution in [2.45, 2.75) is 66.5 Å². The van der Waals surface area contributed by atoms with Gasteiger partial charge in [-0.2, -0.15) is 11.1 Å². The van der Waals surface area contributed by atoms with Gasteiger partial charge in [0.1, 0.15) is 0 Å². The first-order valence-electron chi connectivity index (χ1n) is 10.9. The largest absolute Gasteiger partial charge is 0.150 e. The summed E-state index contributed by atoms with van der Waals surface area (Å²) in [5.74, 6) is 0. The molecule has 4 aromatic carbocycles. The Balaban J connectivity index is 0. The maximum Gasteiger partial charge on any atom is 0.0307 e. The van der Waals surface area contributed by atoms with Gasteiger partial charge < -0.3 is 0 Å². The van der Waals surface area contributed by atoms with Gasteiger partial charge in [-0.3, -0.25) is 0 Å². The zero-order valence-corrected chi connectivity index (χ0v) is 26.6. The molecule has 0 atom stereocenters. The molecule has 0 aliphatic rings. The predicted octanol–water partition coefficient (Wildman–Crippen LogP) is 9.27. The van der Waals surface area contributed by atoms with E-state index in [0.29, 0.717) is 0 Å². The van der Waals surface area contributed by atoms with Gasteiger partial charge in [-0.1, -0.05) is 78.6 Å². The quantitative estimate of drug-likeness (QED) is 0.152. The first-order valence-corrected chi connectivity index (χ1v) is 12.9. The van der Waals surface area contributed by atoms with Crippen molar-refractivity contribution in [2.75, 3.05) is 0 Å². The van der Waals surface area contributed by atoms with Gasteiger partial charge in [0, 0.05) is 35.4 Å². The van der Waals surface area contributed by atoms with Crippen LogP contribution in [0.4, 0.5) is 0 Å². The van der Waals surface area contributed by atoms with Crippen LogP contribution in [0.25, 0.3) is 21.5 Å². The fourth-order valence-electron chi connectivity index (χ4n) is 4.02. The van der Waals surface area contributed by atoms with E-state index in [2.05, 4.69) is 101 Å². The van der Waals surface area contributed by atoms with E-state index in [1.165, 1.54) is 69.5 Å². The summed E-state index contributed by atoms with van der Waals surface area (Å²) < 4.78 is 0. The maximum absolute atomic E-state index is 2.29. The van der Waals surface area contributed by atoms with Gasteiger partial charge in [-0.15, -0.1) is 106 Å². The molecule has 0 bridgehead atoms. The molecule has 174 valence electrons. The van der Waals surface area contributed by atoms with Gasteiger partial charge in [-0.05, 0) is 0 Å². The molecule has 0 heterocycles. The van der Waals surface area contributed by atoms with Gasteiger partial charge >= 0.3 is 0 Å². The van der Waals surface area contributed by atoms with E-state index >= 15 is 0 Å². The Hall–Kier alpha value is -0.673. The van der Waals surface area contributed by atoms with Crippen molar-refractivity contribution >= 4 is 55.9 Å². The Bertz CT molecular complexity index is 935. The summed E-state index contributed by atoms with van der Waals surface area (Å²) in [4.78, 5) is 0. The Morgan fingerprint density at radius 3 is 1.28 bits per heavy atom. The second-order valence-corrected chi connectivity index (χ2v) is 8.79. The van der Waals surface area contributed by atoms with E-state index in [4.69, 9.17) is 0 Å². The molecule has 0 spiro atoms. The summed E-state index contributed by atoms with van der Waals surface area (Å²) in [6.07, 6.45) is 4.88. The average Bonchev–Trinajstić information content (AvgIpc) is 3.20. The van der Waals surface area contributed by atoms with Crippen molar-refractivity contribution < 1.29 is 25.8 Å². The Kier molecular flexibility index (Phi) is 18.6. The van der Waals surface area contributed by atoms with E-state index in [-0.39, 0.29) is 50.7 Å². The zero-order chi connectivity index (χ0) is 21.2. The third kappa shape index (κ3) is 8.93. The van der Waals surface area contributed by atoms with Gasteiger partial charge in [-0.25, -0.2) is 0 Å². The summed E-state index contributed by atoms with van der Waals surface area (Å²) in [6, 6.07) is 21.9. The van der Waals surface area contributed by atoms with Crippen LogP contribution >= 0.6 is 24.8 Å². The van der Waals surface area contributed by atoms with E-state index in [1.807, 2.05) is 0 Å². The molecule has 2 radical (unpaired) electrons. The minimum absolute atomic E-state index is 0. The fraction of sp³-hybridized carbons (Fsp3) is 0.357. The topological polar surface area (TPSA) is 0 Å². The van der Waals surface area contributed by atoms with E-state index < -0.39 is 0 Å². The first-order chi connectivity index (χ1) is 14.1. The molecule has 0 aromatic heterocycles. The van der Waals surface area contributed by atoms with Crippen LogP contribution in [0.5, 0.6) is 0 Å². The van der Waals surface area contributed by atoms with E-state index in [0.717, 1.165) is 9.52 Å². The minimum Gasteiger partial charge on any atom is -0.150 e. The molecule has 4 heteroatoms. The molecule has 0 fully saturated rings. The molecule has 0 saturated heterocycles. The van der Waals surface area contributed by atoms with Crippen LogP contribution in [-0.4, -0.2) is 9.52 Å².